The molecule has 0 saturated carbocycles. The molecule has 1 amide bonds. The summed E-state index contributed by atoms with van der Waals surface area (Å²) in [4.78, 5) is 31.0. The minimum absolute atomic E-state index is 0.0867. The van der Waals surface area contributed by atoms with Crippen LogP contribution in [0.4, 0.5) is 15.8 Å². The number of hydrogen-bond donors (Lipinski definition) is 4. The number of fused-ring (bicyclic) bond motifs is 2. The van der Waals surface area contributed by atoms with Crippen molar-refractivity contribution in [2.45, 2.75) is 13.3 Å². The summed E-state index contributed by atoms with van der Waals surface area (Å²) in [7, 11) is 4.00. The number of nitrogens with zero attached hydrogens (tertiary/aromatic N) is 5. The molecule has 0 spiro atoms. The summed E-state index contributed by atoms with van der Waals surface area (Å²) in [6.07, 6.45) is 5.40. The van der Waals surface area contributed by atoms with Crippen LogP contribution in [0.25, 0.3) is 55.8 Å². The highest BCUT2D eigenvalue weighted by atomic mass is 19.1. The number of nitrogens with one attached hydrogen (secondary N) is 4. The third-order valence-electron chi connectivity index (χ3n) is 6.93. The first-order valence-electron chi connectivity index (χ1n) is 13.7. The quantitative estimate of drug-likeness (QED) is 0.178. The maximum Gasteiger partial charge on any atom is 0.224 e. The number of carbonyl (C=O) groups is 1. The lowest BCUT2D eigenvalue weighted by Gasteiger charge is -2.13. The van der Waals surface area contributed by atoms with Gasteiger partial charge in [0.2, 0.25) is 5.91 Å². The molecule has 11 heteroatoms. The monoisotopic (exact) mass is 563 g/mol. The first kappa shape index (κ1) is 27.0. The highest BCUT2D eigenvalue weighted by molar-refractivity contribution is 5.99. The second-order valence-corrected chi connectivity index (χ2v) is 10.3. The first-order chi connectivity index (χ1) is 20.4. The molecule has 1 aromatic carbocycles. The number of halogens is 1. The fourth-order valence-corrected chi connectivity index (χ4v) is 4.82. The van der Waals surface area contributed by atoms with Crippen LogP contribution in [0.15, 0.2) is 67.1 Å². The van der Waals surface area contributed by atoms with E-state index in [9.17, 15) is 9.18 Å². The van der Waals surface area contributed by atoms with Gasteiger partial charge < -0.3 is 20.5 Å². The molecule has 0 radical (unpaired) electrons. The van der Waals surface area contributed by atoms with Gasteiger partial charge in [0.25, 0.3) is 0 Å². The number of aromatic nitrogens is 6. The van der Waals surface area contributed by atoms with Crippen molar-refractivity contribution in [2.24, 2.45) is 0 Å². The fourth-order valence-electron chi connectivity index (χ4n) is 4.82. The molecule has 0 unspecified atom stereocenters. The summed E-state index contributed by atoms with van der Waals surface area (Å²) in [5.41, 5.74) is 7.82. The van der Waals surface area contributed by atoms with E-state index in [1.807, 2.05) is 50.5 Å². The van der Waals surface area contributed by atoms with Crippen LogP contribution in [0, 0.1) is 5.82 Å². The van der Waals surface area contributed by atoms with Crippen molar-refractivity contribution in [3.63, 3.8) is 0 Å². The van der Waals surface area contributed by atoms with Gasteiger partial charge in [-0.15, -0.1) is 0 Å². The van der Waals surface area contributed by atoms with Crippen molar-refractivity contribution in [1.29, 1.82) is 0 Å². The predicted octanol–water partition coefficient (Wildman–Crippen LogP) is 5.69. The van der Waals surface area contributed by atoms with Crippen molar-refractivity contribution in [3.8, 4) is 33.8 Å². The van der Waals surface area contributed by atoms with Crippen LogP contribution in [0.5, 0.6) is 0 Å². The number of anilines is 2. The average Bonchev–Trinajstić information content (AvgIpc) is 3.60. The molecule has 10 nitrogen and oxygen atoms in total. The molecule has 0 fully saturated rings. The second-order valence-electron chi connectivity index (χ2n) is 10.3. The summed E-state index contributed by atoms with van der Waals surface area (Å²) in [5, 5.41) is 14.6. The highest BCUT2D eigenvalue weighted by Gasteiger charge is 2.17. The smallest absolute Gasteiger partial charge is 0.224 e. The summed E-state index contributed by atoms with van der Waals surface area (Å²) in [5.74, 6) is -0.403. The minimum Gasteiger partial charge on any atom is -0.384 e. The number of benzene rings is 1. The van der Waals surface area contributed by atoms with Crippen molar-refractivity contribution in [2.75, 3.05) is 37.8 Å². The number of pyridine rings is 3. The van der Waals surface area contributed by atoms with Crippen LogP contribution < -0.4 is 10.6 Å². The van der Waals surface area contributed by atoms with E-state index < -0.39 is 0 Å². The minimum atomic E-state index is -0.316. The average molecular weight is 564 g/mol. The largest absolute Gasteiger partial charge is 0.384 e. The number of amides is 1. The van der Waals surface area contributed by atoms with Crippen molar-refractivity contribution in [3.05, 3.63) is 72.9 Å². The molecule has 212 valence electrons. The van der Waals surface area contributed by atoms with Gasteiger partial charge in [-0.2, -0.15) is 5.10 Å². The molecule has 0 aliphatic rings. The molecule has 6 aromatic rings. The molecule has 0 aliphatic carbocycles. The van der Waals surface area contributed by atoms with Gasteiger partial charge in [0.05, 0.1) is 28.8 Å². The van der Waals surface area contributed by atoms with Gasteiger partial charge in [-0.25, -0.2) is 14.4 Å². The Bertz CT molecular complexity index is 1910. The van der Waals surface area contributed by atoms with Gasteiger partial charge in [-0.3, -0.25) is 14.9 Å². The van der Waals surface area contributed by atoms with E-state index in [-0.39, 0.29) is 11.7 Å². The molecule has 0 atom stereocenters. The SMILES string of the molecule is CCC(=O)Nc1cncc(-c2ccc3[nH]nc(-c4cc5c(-c6cc(F)cc(NCCN(C)C)c6)ccnc5[nH]4)c3n2)c1. The van der Waals surface area contributed by atoms with E-state index in [0.29, 0.717) is 41.2 Å². The van der Waals surface area contributed by atoms with Gasteiger partial charge in [0.15, 0.2) is 0 Å². The maximum atomic E-state index is 14.7. The zero-order valence-corrected chi connectivity index (χ0v) is 23.5. The Morgan fingerprint density at radius 2 is 1.88 bits per heavy atom. The molecule has 6 rings (SSSR count). The van der Waals surface area contributed by atoms with Crippen molar-refractivity contribution < 1.29 is 9.18 Å². The van der Waals surface area contributed by atoms with Crippen LogP contribution in [0.1, 0.15) is 13.3 Å². The van der Waals surface area contributed by atoms with Crippen molar-refractivity contribution >= 4 is 39.3 Å². The summed E-state index contributed by atoms with van der Waals surface area (Å²) >= 11 is 0. The van der Waals surface area contributed by atoms with Crippen molar-refractivity contribution in [1.82, 2.24) is 35.0 Å². The molecule has 5 aromatic heterocycles. The first-order valence-corrected chi connectivity index (χ1v) is 13.7. The van der Waals surface area contributed by atoms with Gasteiger partial charge in [-0.05, 0) is 73.8 Å². The Kier molecular flexibility index (Phi) is 7.32. The van der Waals surface area contributed by atoms with E-state index in [1.165, 1.54) is 12.1 Å². The Morgan fingerprint density at radius 3 is 2.71 bits per heavy atom. The second kappa shape index (κ2) is 11.4. The molecule has 0 saturated heterocycles. The molecule has 0 aliphatic heterocycles. The lowest BCUT2D eigenvalue weighted by Crippen LogP contribution is -2.20. The lowest BCUT2D eigenvalue weighted by atomic mass is 10.0. The zero-order chi connectivity index (χ0) is 29.2. The predicted molar refractivity (Wildman–Crippen MR) is 164 cm³/mol. The van der Waals surface area contributed by atoms with Gasteiger partial charge >= 0.3 is 0 Å². The summed E-state index contributed by atoms with van der Waals surface area (Å²) < 4.78 is 14.7. The highest BCUT2D eigenvalue weighted by Crippen LogP contribution is 2.34. The Labute approximate surface area is 241 Å². The number of likely N-dealkylation sites (N-methyl/N-ethyl adjacent to an activating group) is 1. The van der Waals surface area contributed by atoms with Gasteiger partial charge in [0.1, 0.15) is 22.7 Å². The number of carbonyl (C=O) groups excluding carboxylic acids is 1. The van der Waals surface area contributed by atoms with Crippen LogP contribution in [-0.4, -0.2) is 68.1 Å². The van der Waals surface area contributed by atoms with E-state index >= 15 is 0 Å². The number of hydrogen-bond acceptors (Lipinski definition) is 7. The maximum absolute atomic E-state index is 14.7. The van der Waals surface area contributed by atoms with Gasteiger partial charge in [-0.1, -0.05) is 6.92 Å². The van der Waals surface area contributed by atoms with Crippen LogP contribution in [-0.2, 0) is 4.79 Å². The number of H-pyrrole nitrogens is 2. The van der Waals surface area contributed by atoms with E-state index in [1.54, 1.807) is 25.5 Å². The third kappa shape index (κ3) is 5.54. The molecular formula is C31H30FN9O. The van der Waals surface area contributed by atoms with Crippen LogP contribution in [0.2, 0.25) is 0 Å². The Balaban J connectivity index is 1.36. The van der Waals surface area contributed by atoms with E-state index in [2.05, 4.69) is 40.7 Å². The topological polar surface area (TPSA) is 128 Å². The normalized spacial score (nSPS) is 11.5. The molecule has 42 heavy (non-hydrogen) atoms. The summed E-state index contributed by atoms with van der Waals surface area (Å²) in [6.45, 7) is 3.33. The standard InChI is InChI=1S/C31H30FN9O/c1-4-28(42)36-22-13-19(16-33-17-22)25-5-6-26-29(37-25)30(40-39-26)27-15-24-23(7-8-35-31(24)38-27)18-11-20(32)14-21(12-18)34-9-10-41(2)3/h5-8,11-17,34H,4,9-10H2,1-3H3,(H,35,38)(H,36,42)(H,39,40). The van der Waals surface area contributed by atoms with Gasteiger partial charge in [0, 0.05) is 48.5 Å². The Hall–Kier alpha value is -5.16. The van der Waals surface area contributed by atoms with Crippen LogP contribution in [0.3, 0.4) is 0 Å². The van der Waals surface area contributed by atoms with E-state index in [4.69, 9.17) is 4.98 Å². The lowest BCUT2D eigenvalue weighted by molar-refractivity contribution is -0.115. The molecule has 5 heterocycles. The molecule has 0 bridgehead atoms. The number of aromatic amines is 2. The number of rotatable bonds is 9. The molecular weight excluding hydrogens is 533 g/mol. The Morgan fingerprint density at radius 1 is 1.02 bits per heavy atom. The third-order valence-corrected chi connectivity index (χ3v) is 6.93. The fraction of sp³-hybridized carbons (Fsp3) is 0.194. The summed E-state index contributed by atoms with van der Waals surface area (Å²) in [6, 6.07) is 14.5. The van der Waals surface area contributed by atoms with E-state index in [0.717, 1.165) is 45.5 Å². The van der Waals surface area contributed by atoms with Crippen LogP contribution >= 0.6 is 0 Å². The molecule has 4 N–H and O–H groups in total. The zero-order valence-electron chi connectivity index (χ0n) is 23.5.